The summed E-state index contributed by atoms with van der Waals surface area (Å²) in [7, 11) is 0. The number of halogens is 1. The van der Waals surface area contributed by atoms with Crippen LogP contribution in [0.5, 0.6) is 0 Å². The molecular formula is C17H16FNO. The van der Waals surface area contributed by atoms with Crippen LogP contribution in [0.3, 0.4) is 0 Å². The summed E-state index contributed by atoms with van der Waals surface area (Å²) >= 11 is 0. The number of hydrogen-bond donors (Lipinski definition) is 1. The van der Waals surface area contributed by atoms with Crippen molar-refractivity contribution in [1.82, 2.24) is 5.32 Å². The maximum Gasteiger partial charge on any atom is 0.221 e. The first-order valence-electron chi connectivity index (χ1n) is 6.75. The van der Waals surface area contributed by atoms with Gasteiger partial charge in [0.1, 0.15) is 5.82 Å². The fraction of sp³-hybridized carbons (Fsp3) is 0.235. The minimum atomic E-state index is -0.253. The van der Waals surface area contributed by atoms with Crippen molar-refractivity contribution in [2.45, 2.75) is 25.3 Å². The molecule has 1 fully saturated rings. The quantitative estimate of drug-likeness (QED) is 0.888. The monoisotopic (exact) mass is 269 g/mol. The molecule has 20 heavy (non-hydrogen) atoms. The Kier molecular flexibility index (Phi) is 3.26. The number of carbonyl (C=O) groups excluding carboxylic acids is 1. The summed E-state index contributed by atoms with van der Waals surface area (Å²) in [4.78, 5) is 11.8. The number of amides is 1. The molecule has 2 unspecified atom stereocenters. The third-order valence-corrected chi connectivity index (χ3v) is 3.92. The van der Waals surface area contributed by atoms with Crippen LogP contribution in [-0.4, -0.2) is 5.91 Å². The average Bonchev–Trinajstić information content (AvgIpc) is 2.84. The fourth-order valence-electron chi connectivity index (χ4n) is 2.93. The van der Waals surface area contributed by atoms with Gasteiger partial charge in [-0.1, -0.05) is 36.4 Å². The Morgan fingerprint density at radius 3 is 2.65 bits per heavy atom. The summed E-state index contributed by atoms with van der Waals surface area (Å²) in [6, 6.07) is 14.6. The Hall–Kier alpha value is -2.16. The van der Waals surface area contributed by atoms with Gasteiger partial charge in [0.25, 0.3) is 0 Å². The molecule has 1 heterocycles. The number of nitrogens with one attached hydrogen (secondary N) is 1. The lowest BCUT2D eigenvalue weighted by atomic mass is 9.85. The van der Waals surface area contributed by atoms with Crippen molar-refractivity contribution >= 4 is 5.91 Å². The van der Waals surface area contributed by atoms with E-state index in [9.17, 15) is 9.18 Å². The Balaban J connectivity index is 2.02. The van der Waals surface area contributed by atoms with Gasteiger partial charge in [0.15, 0.2) is 0 Å². The molecule has 1 amide bonds. The van der Waals surface area contributed by atoms with E-state index in [4.69, 9.17) is 0 Å². The first kappa shape index (κ1) is 12.9. The zero-order valence-electron chi connectivity index (χ0n) is 11.3. The molecule has 2 aromatic carbocycles. The van der Waals surface area contributed by atoms with Gasteiger partial charge in [-0.05, 0) is 35.7 Å². The number of aryl methyl sites for hydroxylation is 1. The zero-order valence-corrected chi connectivity index (χ0v) is 11.3. The van der Waals surface area contributed by atoms with Crippen LogP contribution in [0.25, 0.3) is 0 Å². The number of carbonyl (C=O) groups is 1. The molecule has 1 aliphatic rings. The van der Waals surface area contributed by atoms with Gasteiger partial charge in [-0.15, -0.1) is 0 Å². The van der Waals surface area contributed by atoms with E-state index in [2.05, 4.69) is 5.32 Å². The molecule has 0 aromatic heterocycles. The normalized spacial score (nSPS) is 21.8. The van der Waals surface area contributed by atoms with E-state index in [-0.39, 0.29) is 23.7 Å². The van der Waals surface area contributed by atoms with Crippen LogP contribution in [0, 0.1) is 12.7 Å². The van der Waals surface area contributed by atoms with Crippen molar-refractivity contribution in [2.75, 3.05) is 0 Å². The van der Waals surface area contributed by atoms with Crippen molar-refractivity contribution in [3.8, 4) is 0 Å². The smallest absolute Gasteiger partial charge is 0.221 e. The Bertz CT molecular complexity index is 639. The molecule has 2 nitrogen and oxygen atoms in total. The van der Waals surface area contributed by atoms with E-state index in [0.29, 0.717) is 6.42 Å². The third-order valence-electron chi connectivity index (χ3n) is 3.92. The molecule has 1 N–H and O–H groups in total. The van der Waals surface area contributed by atoms with E-state index in [1.54, 1.807) is 12.1 Å². The van der Waals surface area contributed by atoms with Gasteiger partial charge in [0.2, 0.25) is 5.91 Å². The molecule has 1 aliphatic heterocycles. The van der Waals surface area contributed by atoms with Crippen molar-refractivity contribution in [3.63, 3.8) is 0 Å². The minimum Gasteiger partial charge on any atom is -0.349 e. The molecule has 0 bridgehead atoms. The van der Waals surface area contributed by atoms with Crippen molar-refractivity contribution in [3.05, 3.63) is 71.0 Å². The minimum absolute atomic E-state index is 0.0133. The molecule has 2 atom stereocenters. The lowest BCUT2D eigenvalue weighted by molar-refractivity contribution is -0.119. The van der Waals surface area contributed by atoms with Crippen LogP contribution < -0.4 is 5.32 Å². The standard InChI is InChI=1S/C17H16FNO/c1-11-7-8-13(18)9-14(11)15-10-16(20)19-17(15)12-5-3-2-4-6-12/h2-9,15,17H,10H2,1H3,(H,19,20). The maximum atomic E-state index is 13.5. The zero-order chi connectivity index (χ0) is 14.1. The van der Waals surface area contributed by atoms with Crippen molar-refractivity contribution < 1.29 is 9.18 Å². The summed E-state index contributed by atoms with van der Waals surface area (Å²) in [5, 5.41) is 3.00. The number of benzene rings is 2. The number of rotatable bonds is 2. The largest absolute Gasteiger partial charge is 0.349 e. The Morgan fingerprint density at radius 1 is 1.15 bits per heavy atom. The van der Waals surface area contributed by atoms with Crippen LogP contribution >= 0.6 is 0 Å². The van der Waals surface area contributed by atoms with Crippen molar-refractivity contribution in [2.24, 2.45) is 0 Å². The molecule has 0 aliphatic carbocycles. The first-order valence-corrected chi connectivity index (χ1v) is 6.75. The SMILES string of the molecule is Cc1ccc(F)cc1C1CC(=O)NC1c1ccccc1. The van der Waals surface area contributed by atoms with Crippen LogP contribution in [0.4, 0.5) is 4.39 Å². The molecule has 2 aromatic rings. The molecule has 3 rings (SSSR count). The van der Waals surface area contributed by atoms with Crippen LogP contribution in [0.1, 0.15) is 35.1 Å². The second kappa shape index (κ2) is 5.08. The van der Waals surface area contributed by atoms with Gasteiger partial charge in [-0.2, -0.15) is 0 Å². The van der Waals surface area contributed by atoms with Gasteiger partial charge in [0, 0.05) is 12.3 Å². The van der Waals surface area contributed by atoms with Gasteiger partial charge in [0.05, 0.1) is 6.04 Å². The molecule has 0 spiro atoms. The summed E-state index contributed by atoms with van der Waals surface area (Å²) in [5.41, 5.74) is 3.00. The van der Waals surface area contributed by atoms with Gasteiger partial charge in [-0.3, -0.25) is 4.79 Å². The van der Waals surface area contributed by atoms with Crippen LogP contribution in [0.2, 0.25) is 0 Å². The Labute approximate surface area is 117 Å². The van der Waals surface area contributed by atoms with Gasteiger partial charge in [-0.25, -0.2) is 4.39 Å². The van der Waals surface area contributed by atoms with E-state index in [1.165, 1.54) is 6.07 Å². The fourth-order valence-corrected chi connectivity index (χ4v) is 2.93. The van der Waals surface area contributed by atoms with Gasteiger partial charge >= 0.3 is 0 Å². The lowest BCUT2D eigenvalue weighted by Gasteiger charge is -2.21. The summed E-state index contributed by atoms with van der Waals surface area (Å²) in [5.74, 6) is -0.245. The van der Waals surface area contributed by atoms with Crippen molar-refractivity contribution in [1.29, 1.82) is 0 Å². The average molecular weight is 269 g/mol. The summed E-state index contributed by atoms with van der Waals surface area (Å²) < 4.78 is 13.5. The highest BCUT2D eigenvalue weighted by Gasteiger charge is 2.35. The molecule has 102 valence electrons. The second-order valence-electron chi connectivity index (χ2n) is 5.27. The highest BCUT2D eigenvalue weighted by molar-refractivity contribution is 5.80. The molecule has 1 saturated heterocycles. The molecular weight excluding hydrogens is 253 g/mol. The van der Waals surface area contributed by atoms with E-state index in [0.717, 1.165) is 16.7 Å². The topological polar surface area (TPSA) is 29.1 Å². The lowest BCUT2D eigenvalue weighted by Crippen LogP contribution is -2.20. The van der Waals surface area contributed by atoms with Crippen LogP contribution in [0.15, 0.2) is 48.5 Å². The van der Waals surface area contributed by atoms with E-state index < -0.39 is 0 Å². The van der Waals surface area contributed by atoms with Crippen LogP contribution in [-0.2, 0) is 4.79 Å². The highest BCUT2D eigenvalue weighted by Crippen LogP contribution is 2.39. The predicted octanol–water partition coefficient (Wildman–Crippen LogP) is 3.48. The number of hydrogen-bond acceptors (Lipinski definition) is 1. The van der Waals surface area contributed by atoms with E-state index >= 15 is 0 Å². The molecule has 0 radical (unpaired) electrons. The summed E-state index contributed by atoms with van der Waals surface area (Å²) in [6.07, 6.45) is 0.407. The summed E-state index contributed by atoms with van der Waals surface area (Å²) in [6.45, 7) is 1.96. The third kappa shape index (κ3) is 2.31. The molecule has 0 saturated carbocycles. The second-order valence-corrected chi connectivity index (χ2v) is 5.27. The predicted molar refractivity (Wildman–Crippen MR) is 75.8 cm³/mol. The maximum absolute atomic E-state index is 13.5. The van der Waals surface area contributed by atoms with E-state index in [1.807, 2.05) is 37.3 Å². The molecule has 3 heteroatoms. The highest BCUT2D eigenvalue weighted by atomic mass is 19.1. The van der Waals surface area contributed by atoms with Gasteiger partial charge < -0.3 is 5.32 Å². The Morgan fingerprint density at radius 2 is 1.90 bits per heavy atom. The first-order chi connectivity index (χ1) is 9.65.